The molecule has 3 rings (SSSR count). The SMILES string of the molecule is CC(C)(C)OC[C@H](NC(=O)OCc1ccccc1)C(=O)N1CSC[C@H]1C(=O)N[C@@H](Cc1ccccc1)C(=O)C(=O)O. The van der Waals surface area contributed by atoms with Crippen molar-refractivity contribution >= 4 is 41.4 Å². The Labute approximate surface area is 242 Å². The highest BCUT2D eigenvalue weighted by molar-refractivity contribution is 7.99. The molecule has 12 heteroatoms. The average Bonchev–Trinajstić information content (AvgIpc) is 3.44. The van der Waals surface area contributed by atoms with Crippen molar-refractivity contribution in [1.29, 1.82) is 0 Å². The Kier molecular flexibility index (Phi) is 11.3. The van der Waals surface area contributed by atoms with E-state index in [9.17, 15) is 29.1 Å². The number of carboxylic acids is 1. The minimum atomic E-state index is -1.67. The standard InChI is InChI=1S/C29H35N3O8S/c1-29(2,3)40-16-22(31-28(38)39-15-20-12-8-5-9-13-20)26(35)32-18-41-17-23(32)25(34)30-21(24(33)27(36)37)14-19-10-6-4-7-11-19/h4-13,21-23H,14-18H2,1-3H3,(H,30,34)(H,31,38)(H,36,37)/t21-,22-,23-/m0/s1. The fourth-order valence-electron chi connectivity index (χ4n) is 3.97. The summed E-state index contributed by atoms with van der Waals surface area (Å²) >= 11 is 1.32. The van der Waals surface area contributed by atoms with Gasteiger partial charge in [-0.2, -0.15) is 0 Å². The molecule has 41 heavy (non-hydrogen) atoms. The second kappa shape index (κ2) is 14.6. The van der Waals surface area contributed by atoms with E-state index >= 15 is 0 Å². The number of amides is 3. The van der Waals surface area contributed by atoms with Gasteiger partial charge in [-0.3, -0.25) is 14.4 Å². The predicted molar refractivity (Wildman–Crippen MR) is 152 cm³/mol. The minimum Gasteiger partial charge on any atom is -0.475 e. The van der Waals surface area contributed by atoms with Gasteiger partial charge in [0.15, 0.2) is 0 Å². The van der Waals surface area contributed by atoms with Crippen molar-refractivity contribution in [2.75, 3.05) is 18.2 Å². The van der Waals surface area contributed by atoms with Crippen LogP contribution in [-0.4, -0.2) is 81.6 Å². The molecule has 11 nitrogen and oxygen atoms in total. The Bertz CT molecular complexity index is 1220. The third kappa shape index (κ3) is 9.90. The van der Waals surface area contributed by atoms with Crippen LogP contribution in [0.1, 0.15) is 31.9 Å². The summed E-state index contributed by atoms with van der Waals surface area (Å²) in [6.45, 7) is 5.23. The Morgan fingerprint density at radius 1 is 0.951 bits per heavy atom. The summed E-state index contributed by atoms with van der Waals surface area (Å²) in [7, 11) is 0. The number of aliphatic carboxylic acids is 1. The normalized spacial score (nSPS) is 16.4. The van der Waals surface area contributed by atoms with E-state index in [1.807, 2.05) is 18.2 Å². The van der Waals surface area contributed by atoms with Crippen molar-refractivity contribution < 1.29 is 38.6 Å². The molecule has 3 atom stereocenters. The summed E-state index contributed by atoms with van der Waals surface area (Å²) < 4.78 is 11.1. The van der Waals surface area contributed by atoms with Gasteiger partial charge in [0.05, 0.1) is 18.1 Å². The van der Waals surface area contributed by atoms with Crippen molar-refractivity contribution in [3.05, 3.63) is 71.8 Å². The second-order valence-corrected chi connectivity index (χ2v) is 11.4. The van der Waals surface area contributed by atoms with Gasteiger partial charge in [0.1, 0.15) is 24.7 Å². The molecule has 3 N–H and O–H groups in total. The number of alkyl carbamates (subject to hydrolysis) is 1. The summed E-state index contributed by atoms with van der Waals surface area (Å²) in [5.74, 6) is -3.69. The number of nitrogens with one attached hydrogen (secondary N) is 2. The molecule has 1 aliphatic heterocycles. The monoisotopic (exact) mass is 585 g/mol. The number of ether oxygens (including phenoxy) is 2. The molecule has 0 radical (unpaired) electrons. The first-order valence-electron chi connectivity index (χ1n) is 13.1. The lowest BCUT2D eigenvalue weighted by Crippen LogP contribution is -2.58. The molecule has 1 saturated heterocycles. The molecule has 220 valence electrons. The number of carbonyl (C=O) groups excluding carboxylic acids is 4. The van der Waals surface area contributed by atoms with E-state index in [1.165, 1.54) is 16.7 Å². The molecule has 0 bridgehead atoms. The molecule has 1 heterocycles. The maximum absolute atomic E-state index is 13.6. The van der Waals surface area contributed by atoms with Gasteiger partial charge in [-0.25, -0.2) is 9.59 Å². The van der Waals surface area contributed by atoms with E-state index in [0.29, 0.717) is 5.56 Å². The Balaban J connectivity index is 1.72. The molecule has 0 aliphatic carbocycles. The number of ketones is 1. The van der Waals surface area contributed by atoms with E-state index in [-0.39, 0.29) is 31.3 Å². The van der Waals surface area contributed by atoms with Crippen LogP contribution in [0.3, 0.4) is 0 Å². The van der Waals surface area contributed by atoms with Gasteiger partial charge < -0.3 is 30.1 Å². The van der Waals surface area contributed by atoms with Crippen LogP contribution < -0.4 is 10.6 Å². The number of thioether (sulfide) groups is 1. The zero-order chi connectivity index (χ0) is 30.0. The van der Waals surface area contributed by atoms with Crippen LogP contribution in [0.25, 0.3) is 0 Å². The first-order valence-corrected chi connectivity index (χ1v) is 14.2. The van der Waals surface area contributed by atoms with Crippen LogP contribution in [0, 0.1) is 0 Å². The van der Waals surface area contributed by atoms with Gasteiger partial charge >= 0.3 is 12.1 Å². The first-order chi connectivity index (χ1) is 19.4. The molecule has 0 spiro atoms. The van der Waals surface area contributed by atoms with Crippen molar-refractivity contribution in [2.45, 2.75) is 57.5 Å². The summed E-state index contributed by atoms with van der Waals surface area (Å²) in [5, 5.41) is 14.4. The molecule has 0 unspecified atom stereocenters. The molecule has 2 aromatic carbocycles. The van der Waals surface area contributed by atoms with Crippen LogP contribution in [0.15, 0.2) is 60.7 Å². The summed E-state index contributed by atoms with van der Waals surface area (Å²) in [5.41, 5.74) is 0.816. The zero-order valence-corrected chi connectivity index (χ0v) is 24.0. The Hall–Kier alpha value is -3.90. The van der Waals surface area contributed by atoms with E-state index in [1.54, 1.807) is 63.2 Å². The molecular weight excluding hydrogens is 550 g/mol. The molecular formula is C29H35N3O8S. The minimum absolute atomic E-state index is 0.00127. The number of nitrogens with zero attached hydrogens (tertiary/aromatic N) is 1. The van der Waals surface area contributed by atoms with Crippen LogP contribution in [0.2, 0.25) is 0 Å². The zero-order valence-electron chi connectivity index (χ0n) is 23.2. The third-order valence-electron chi connectivity index (χ3n) is 6.08. The lowest BCUT2D eigenvalue weighted by atomic mass is 10.0. The highest BCUT2D eigenvalue weighted by Crippen LogP contribution is 2.23. The van der Waals surface area contributed by atoms with E-state index < -0.39 is 53.4 Å². The van der Waals surface area contributed by atoms with E-state index in [0.717, 1.165) is 5.56 Å². The molecule has 0 aromatic heterocycles. The van der Waals surface area contributed by atoms with Gasteiger partial charge in [0.2, 0.25) is 11.8 Å². The highest BCUT2D eigenvalue weighted by Gasteiger charge is 2.40. The maximum atomic E-state index is 13.6. The average molecular weight is 586 g/mol. The number of Topliss-reactive ketones (excluding diaryl/α,β-unsaturated/α-hetero) is 1. The molecule has 1 fully saturated rings. The van der Waals surface area contributed by atoms with Crippen LogP contribution in [0.5, 0.6) is 0 Å². The summed E-state index contributed by atoms with van der Waals surface area (Å²) in [4.78, 5) is 64.7. The maximum Gasteiger partial charge on any atom is 0.408 e. The second-order valence-electron chi connectivity index (χ2n) is 10.4. The number of hydrogen-bond acceptors (Lipinski definition) is 8. The third-order valence-corrected chi connectivity index (χ3v) is 7.09. The van der Waals surface area contributed by atoms with Gasteiger partial charge in [-0.05, 0) is 31.9 Å². The van der Waals surface area contributed by atoms with Gasteiger partial charge in [0.25, 0.3) is 5.78 Å². The van der Waals surface area contributed by atoms with Crippen molar-refractivity contribution in [1.82, 2.24) is 15.5 Å². The summed E-state index contributed by atoms with van der Waals surface area (Å²) in [6.07, 6.45) is -0.852. The quantitative estimate of drug-likeness (QED) is 0.319. The molecule has 3 amide bonds. The molecule has 2 aromatic rings. The Morgan fingerprint density at radius 2 is 1.56 bits per heavy atom. The Morgan fingerprint density at radius 3 is 2.15 bits per heavy atom. The first kappa shape index (κ1) is 31.6. The predicted octanol–water partition coefficient (Wildman–Crippen LogP) is 2.38. The van der Waals surface area contributed by atoms with Gasteiger partial charge in [-0.1, -0.05) is 60.7 Å². The number of carbonyl (C=O) groups is 5. The lowest BCUT2D eigenvalue weighted by molar-refractivity contribution is -0.151. The van der Waals surface area contributed by atoms with E-state index in [2.05, 4.69) is 10.6 Å². The van der Waals surface area contributed by atoms with Gasteiger partial charge in [-0.15, -0.1) is 11.8 Å². The summed E-state index contributed by atoms with van der Waals surface area (Å²) in [6, 6.07) is 14.3. The van der Waals surface area contributed by atoms with Crippen LogP contribution in [-0.2, 0) is 41.7 Å². The lowest BCUT2D eigenvalue weighted by Gasteiger charge is -2.30. The van der Waals surface area contributed by atoms with Crippen LogP contribution >= 0.6 is 11.8 Å². The smallest absolute Gasteiger partial charge is 0.408 e. The fraction of sp³-hybridized carbons (Fsp3) is 0.414. The van der Waals surface area contributed by atoms with Crippen molar-refractivity contribution in [3.8, 4) is 0 Å². The highest BCUT2D eigenvalue weighted by atomic mass is 32.2. The number of carboxylic acid groups (broad SMARTS) is 1. The topological polar surface area (TPSA) is 151 Å². The van der Waals surface area contributed by atoms with Crippen molar-refractivity contribution in [2.24, 2.45) is 0 Å². The number of rotatable bonds is 12. The molecule has 1 aliphatic rings. The van der Waals surface area contributed by atoms with Crippen molar-refractivity contribution in [3.63, 3.8) is 0 Å². The largest absolute Gasteiger partial charge is 0.475 e. The number of hydrogen-bond donors (Lipinski definition) is 3. The molecule has 0 saturated carbocycles. The number of benzene rings is 2. The van der Waals surface area contributed by atoms with Gasteiger partial charge in [0, 0.05) is 12.2 Å². The van der Waals surface area contributed by atoms with E-state index in [4.69, 9.17) is 9.47 Å². The fourth-order valence-corrected chi connectivity index (χ4v) is 5.13. The van der Waals surface area contributed by atoms with Crippen LogP contribution in [0.4, 0.5) is 4.79 Å².